The molecule has 3 atom stereocenters. The molecule has 3 unspecified atom stereocenters. The maximum atomic E-state index is 10.3. The summed E-state index contributed by atoms with van der Waals surface area (Å²) in [5.41, 5.74) is 10.9. The number of aliphatic hydroxyl groups excluding tert-OH is 3. The van der Waals surface area contributed by atoms with Crippen LogP contribution in [0.2, 0.25) is 0 Å². The Bertz CT molecular complexity index is 457. The molecule has 13 N–H and O–H groups in total. The number of hydrogen-bond donors (Lipinski definition) is 11. The minimum Gasteiger partial charge on any atom is -0.394 e. The van der Waals surface area contributed by atoms with Crippen molar-refractivity contribution in [2.45, 2.75) is 69.9 Å². The summed E-state index contributed by atoms with van der Waals surface area (Å²) in [5, 5.41) is 49.9. The van der Waals surface area contributed by atoms with Gasteiger partial charge in [-0.2, -0.15) is 0 Å². The second-order valence-corrected chi connectivity index (χ2v) is 9.69. The number of hydrogen-bond acceptors (Lipinski definition) is 12. The second kappa shape index (κ2) is 31.1. The largest absolute Gasteiger partial charge is 0.394 e. The lowest BCUT2D eigenvalue weighted by Crippen LogP contribution is -2.44. The number of aliphatic hydroxyl groups is 3. The van der Waals surface area contributed by atoms with Gasteiger partial charge >= 0.3 is 0 Å². The molecule has 0 amide bonds. The molecule has 0 aromatic heterocycles. The predicted molar refractivity (Wildman–Crippen MR) is 156 cm³/mol. The minimum atomic E-state index is -1.08. The molecule has 0 aromatic rings. The van der Waals surface area contributed by atoms with E-state index in [0.29, 0.717) is 6.54 Å². The molecular formula is C26H62N8O4. The van der Waals surface area contributed by atoms with Gasteiger partial charge in [-0.15, -0.1) is 0 Å². The van der Waals surface area contributed by atoms with Gasteiger partial charge in [0.15, 0.2) is 6.29 Å². The highest BCUT2D eigenvalue weighted by molar-refractivity contribution is 4.72. The van der Waals surface area contributed by atoms with E-state index in [1.807, 2.05) is 0 Å². The number of unbranched alkanes of at least 4 members (excludes halogenated alkanes) is 2. The molecule has 0 saturated heterocycles. The Morgan fingerprint density at radius 2 is 0.868 bits per heavy atom. The third-order valence-corrected chi connectivity index (χ3v) is 6.06. The third kappa shape index (κ3) is 27.1. The van der Waals surface area contributed by atoms with Gasteiger partial charge in [0.1, 0.15) is 6.10 Å². The average Bonchev–Trinajstić information content (AvgIpc) is 2.92. The zero-order valence-electron chi connectivity index (χ0n) is 23.9. The van der Waals surface area contributed by atoms with Crippen molar-refractivity contribution in [1.29, 1.82) is 0 Å². The Morgan fingerprint density at radius 3 is 1.29 bits per heavy atom. The van der Waals surface area contributed by atoms with E-state index in [9.17, 15) is 15.3 Å². The first-order chi connectivity index (χ1) is 18.7. The first kappa shape index (κ1) is 37.5. The standard InChI is InChI=1S/C26H62N8O4/c27-9-5-15-29-11-1-3-13-31-17-7-19-33-21-24(36)25(23-35)38-26(37)22-34-20-8-18-32-14-4-2-12-30-16-6-10-28/h24-26,29-37H,1-23,27-28H2. The first-order valence-electron chi connectivity index (χ1n) is 14.9. The molecule has 0 fully saturated rings. The summed E-state index contributed by atoms with van der Waals surface area (Å²) >= 11 is 0. The van der Waals surface area contributed by atoms with Crippen molar-refractivity contribution >= 4 is 0 Å². The van der Waals surface area contributed by atoms with Crippen LogP contribution in [-0.2, 0) is 4.74 Å². The van der Waals surface area contributed by atoms with Gasteiger partial charge in [-0.25, -0.2) is 0 Å². The fourth-order valence-corrected chi connectivity index (χ4v) is 3.74. The molecule has 0 radical (unpaired) electrons. The lowest BCUT2D eigenvalue weighted by molar-refractivity contribution is -0.172. The van der Waals surface area contributed by atoms with Crippen LogP contribution in [0.3, 0.4) is 0 Å². The quantitative estimate of drug-likeness (QED) is 0.0315. The Morgan fingerprint density at radius 1 is 0.500 bits per heavy atom. The van der Waals surface area contributed by atoms with Crippen LogP contribution in [0.5, 0.6) is 0 Å². The van der Waals surface area contributed by atoms with Gasteiger partial charge in [-0.1, -0.05) is 0 Å². The summed E-state index contributed by atoms with van der Waals surface area (Å²) in [6, 6.07) is 0. The molecule has 0 aliphatic heterocycles. The van der Waals surface area contributed by atoms with E-state index in [2.05, 4.69) is 31.9 Å². The fourth-order valence-electron chi connectivity index (χ4n) is 3.74. The zero-order chi connectivity index (χ0) is 27.9. The highest BCUT2D eigenvalue weighted by atomic mass is 16.6. The van der Waals surface area contributed by atoms with Crippen LogP contribution >= 0.6 is 0 Å². The van der Waals surface area contributed by atoms with Gasteiger partial charge < -0.3 is 63.4 Å². The summed E-state index contributed by atoms with van der Waals surface area (Å²) < 4.78 is 5.43. The second-order valence-electron chi connectivity index (χ2n) is 9.69. The summed E-state index contributed by atoms with van der Waals surface area (Å²) in [5.74, 6) is 0. The molecule has 0 aromatic carbocycles. The number of nitrogens with two attached hydrogens (primary N) is 2. The van der Waals surface area contributed by atoms with Gasteiger partial charge in [-0.3, -0.25) is 0 Å². The van der Waals surface area contributed by atoms with Crippen LogP contribution in [0.15, 0.2) is 0 Å². The number of ether oxygens (including phenoxy) is 1. The molecular weight excluding hydrogens is 488 g/mol. The lowest BCUT2D eigenvalue weighted by Gasteiger charge is -2.25. The molecule has 0 spiro atoms. The fraction of sp³-hybridized carbons (Fsp3) is 1.00. The van der Waals surface area contributed by atoms with Crippen LogP contribution in [0.1, 0.15) is 51.4 Å². The van der Waals surface area contributed by atoms with Gasteiger partial charge in [0, 0.05) is 13.1 Å². The Kier molecular flexibility index (Phi) is 30.7. The minimum absolute atomic E-state index is 0.251. The van der Waals surface area contributed by atoms with Crippen molar-refractivity contribution in [2.24, 2.45) is 11.5 Å². The van der Waals surface area contributed by atoms with Crippen molar-refractivity contribution < 1.29 is 20.1 Å². The zero-order valence-corrected chi connectivity index (χ0v) is 23.9. The lowest BCUT2D eigenvalue weighted by atomic mass is 10.2. The maximum Gasteiger partial charge on any atom is 0.167 e. The highest BCUT2D eigenvalue weighted by Gasteiger charge is 2.22. The van der Waals surface area contributed by atoms with Crippen LogP contribution in [0.4, 0.5) is 0 Å². The molecule has 0 aliphatic carbocycles. The van der Waals surface area contributed by atoms with Crippen molar-refractivity contribution in [3.8, 4) is 0 Å². The van der Waals surface area contributed by atoms with E-state index in [-0.39, 0.29) is 13.2 Å². The summed E-state index contributed by atoms with van der Waals surface area (Å²) in [6.07, 6.45) is 5.71. The Balaban J connectivity index is 3.54. The van der Waals surface area contributed by atoms with Crippen molar-refractivity contribution in [2.75, 3.05) is 98.2 Å². The summed E-state index contributed by atoms with van der Waals surface area (Å²) in [4.78, 5) is 0. The molecule has 12 nitrogen and oxygen atoms in total. The third-order valence-electron chi connectivity index (χ3n) is 6.06. The van der Waals surface area contributed by atoms with Crippen LogP contribution in [-0.4, -0.2) is 132 Å². The van der Waals surface area contributed by atoms with Crippen molar-refractivity contribution in [1.82, 2.24) is 31.9 Å². The van der Waals surface area contributed by atoms with Crippen LogP contribution in [0, 0.1) is 0 Å². The SMILES string of the molecule is NCCCNCCCCNCCCNCC(O)OC(CO)C(O)CNCCCNCCCCNCCCN. The molecule has 38 heavy (non-hydrogen) atoms. The number of rotatable bonds is 32. The van der Waals surface area contributed by atoms with Crippen LogP contribution < -0.4 is 43.4 Å². The van der Waals surface area contributed by atoms with Crippen LogP contribution in [0.25, 0.3) is 0 Å². The molecule has 0 bridgehead atoms. The maximum absolute atomic E-state index is 10.3. The predicted octanol–water partition coefficient (Wildman–Crippen LogP) is -2.38. The van der Waals surface area contributed by atoms with E-state index >= 15 is 0 Å². The molecule has 0 aliphatic rings. The van der Waals surface area contributed by atoms with Gasteiger partial charge in [0.05, 0.1) is 12.7 Å². The van der Waals surface area contributed by atoms with E-state index in [1.165, 1.54) is 0 Å². The molecule has 12 heteroatoms. The average molecular weight is 551 g/mol. The monoisotopic (exact) mass is 550 g/mol. The topological polar surface area (TPSA) is 194 Å². The van der Waals surface area contributed by atoms with E-state index < -0.39 is 18.5 Å². The smallest absolute Gasteiger partial charge is 0.167 e. The number of nitrogens with one attached hydrogen (secondary N) is 6. The van der Waals surface area contributed by atoms with Crippen molar-refractivity contribution in [3.05, 3.63) is 0 Å². The van der Waals surface area contributed by atoms with E-state index in [4.69, 9.17) is 16.2 Å². The van der Waals surface area contributed by atoms with Crippen molar-refractivity contribution in [3.63, 3.8) is 0 Å². The highest BCUT2D eigenvalue weighted by Crippen LogP contribution is 2.02. The Labute approximate surface area is 231 Å². The summed E-state index contributed by atoms with van der Waals surface area (Å²) in [7, 11) is 0. The molecule has 230 valence electrons. The van der Waals surface area contributed by atoms with Gasteiger partial charge in [-0.05, 0) is 130 Å². The Hall–Kier alpha value is -0.480. The normalized spacial score (nSPS) is 14.1. The summed E-state index contributed by atoms with van der Waals surface area (Å²) in [6.45, 7) is 11.1. The van der Waals surface area contributed by atoms with E-state index in [1.54, 1.807) is 0 Å². The molecule has 0 heterocycles. The molecule has 0 saturated carbocycles. The first-order valence-corrected chi connectivity index (χ1v) is 14.9. The van der Waals surface area contributed by atoms with E-state index in [0.717, 1.165) is 130 Å². The van der Waals surface area contributed by atoms with Gasteiger partial charge in [0.2, 0.25) is 0 Å². The molecule has 0 rings (SSSR count). The van der Waals surface area contributed by atoms with Gasteiger partial charge in [0.25, 0.3) is 0 Å².